The van der Waals surface area contributed by atoms with Crippen LogP contribution in [0.5, 0.6) is 0 Å². The fraction of sp³-hybridized carbons (Fsp3) is 0.824. The predicted molar refractivity (Wildman–Crippen MR) is 90.3 cm³/mol. The summed E-state index contributed by atoms with van der Waals surface area (Å²) in [6.45, 7) is 7.79. The van der Waals surface area contributed by atoms with Crippen LogP contribution in [0.2, 0.25) is 0 Å². The van der Waals surface area contributed by atoms with E-state index in [0.717, 1.165) is 24.3 Å². The number of hydrogen-bond donors (Lipinski definition) is 1. The molecule has 0 saturated heterocycles. The Morgan fingerprint density at radius 3 is 2.76 bits per heavy atom. The molecule has 4 atom stereocenters. The minimum Gasteiger partial charge on any atom is -0.308 e. The van der Waals surface area contributed by atoms with Crippen molar-refractivity contribution in [3.05, 3.63) is 16.4 Å². The maximum atomic E-state index is 4.61. The summed E-state index contributed by atoms with van der Waals surface area (Å²) < 4.78 is 3.39. The number of rotatable bonds is 6. The first-order valence-corrected chi connectivity index (χ1v) is 9.37. The summed E-state index contributed by atoms with van der Waals surface area (Å²) in [5.41, 5.74) is 1.37. The van der Waals surface area contributed by atoms with Crippen LogP contribution >= 0.6 is 15.9 Å². The first-order valence-electron chi connectivity index (χ1n) is 8.58. The van der Waals surface area contributed by atoms with E-state index in [0.29, 0.717) is 12.1 Å². The highest BCUT2D eigenvalue weighted by Gasteiger charge is 2.44. The Hall–Kier alpha value is -0.350. The second-order valence-corrected chi connectivity index (χ2v) is 8.04. The van der Waals surface area contributed by atoms with E-state index in [4.69, 9.17) is 0 Å². The van der Waals surface area contributed by atoms with Crippen molar-refractivity contribution in [3.63, 3.8) is 0 Å². The maximum absolute atomic E-state index is 4.61. The summed E-state index contributed by atoms with van der Waals surface area (Å²) >= 11 is 3.75. The van der Waals surface area contributed by atoms with Gasteiger partial charge < -0.3 is 5.32 Å². The first kappa shape index (κ1) is 15.5. The molecule has 0 aromatic carbocycles. The molecule has 2 bridgehead atoms. The van der Waals surface area contributed by atoms with E-state index < -0.39 is 0 Å². The number of hydrogen-bond acceptors (Lipinski definition) is 2. The molecular weight excluding hydrogens is 326 g/mol. The van der Waals surface area contributed by atoms with Gasteiger partial charge in [0.25, 0.3) is 0 Å². The van der Waals surface area contributed by atoms with E-state index in [1.165, 1.54) is 42.3 Å². The number of fused-ring (bicyclic) bond motifs is 2. The Labute approximate surface area is 137 Å². The molecule has 118 valence electrons. The van der Waals surface area contributed by atoms with Crippen molar-refractivity contribution >= 4 is 15.9 Å². The normalized spacial score (nSPS) is 29.5. The lowest BCUT2D eigenvalue weighted by molar-refractivity contribution is 0.238. The standard InChI is InChI=1S/C17H28BrN3/c1-4-7-19-16(14-9-12-5-6-13(14)8-12)17-15(18)10-20-21(17)11(2)3/h10-14,16,19H,4-9H2,1-3H3. The molecule has 1 aromatic heterocycles. The number of halogens is 1. The Kier molecular flexibility index (Phi) is 4.75. The third kappa shape index (κ3) is 2.94. The highest BCUT2D eigenvalue weighted by atomic mass is 79.9. The van der Waals surface area contributed by atoms with E-state index in [9.17, 15) is 0 Å². The van der Waals surface area contributed by atoms with Crippen LogP contribution in [-0.2, 0) is 0 Å². The molecule has 1 N–H and O–H groups in total. The molecule has 0 amide bonds. The smallest absolute Gasteiger partial charge is 0.0701 e. The van der Waals surface area contributed by atoms with Gasteiger partial charge in [0.15, 0.2) is 0 Å². The molecule has 2 saturated carbocycles. The highest BCUT2D eigenvalue weighted by molar-refractivity contribution is 9.10. The van der Waals surface area contributed by atoms with Crippen LogP contribution in [0.3, 0.4) is 0 Å². The van der Waals surface area contributed by atoms with Crippen LogP contribution in [0.15, 0.2) is 10.7 Å². The molecule has 3 nitrogen and oxygen atoms in total. The van der Waals surface area contributed by atoms with Gasteiger partial charge in [0.05, 0.1) is 22.4 Å². The summed E-state index contributed by atoms with van der Waals surface area (Å²) in [4.78, 5) is 0. The van der Waals surface area contributed by atoms with Gasteiger partial charge in [-0.2, -0.15) is 5.10 Å². The van der Waals surface area contributed by atoms with Crippen molar-refractivity contribution in [2.45, 2.75) is 65.0 Å². The highest BCUT2D eigenvalue weighted by Crippen LogP contribution is 2.53. The molecule has 0 radical (unpaired) electrons. The number of aromatic nitrogens is 2. The number of nitrogens with one attached hydrogen (secondary N) is 1. The molecule has 4 unspecified atom stereocenters. The van der Waals surface area contributed by atoms with Crippen LogP contribution < -0.4 is 5.32 Å². The molecule has 2 aliphatic carbocycles. The Bertz CT molecular complexity index is 482. The van der Waals surface area contributed by atoms with Crippen LogP contribution in [0, 0.1) is 17.8 Å². The fourth-order valence-electron chi connectivity index (χ4n) is 4.51. The fourth-order valence-corrected chi connectivity index (χ4v) is 5.03. The molecule has 0 aliphatic heterocycles. The maximum Gasteiger partial charge on any atom is 0.0701 e. The molecule has 21 heavy (non-hydrogen) atoms. The quantitative estimate of drug-likeness (QED) is 0.802. The summed E-state index contributed by atoms with van der Waals surface area (Å²) in [6.07, 6.45) is 8.93. The molecule has 2 aliphatic rings. The molecule has 0 spiro atoms. The summed E-state index contributed by atoms with van der Waals surface area (Å²) in [5, 5.41) is 8.45. The van der Waals surface area contributed by atoms with E-state index >= 15 is 0 Å². The molecule has 3 rings (SSSR count). The zero-order valence-electron chi connectivity index (χ0n) is 13.5. The van der Waals surface area contributed by atoms with E-state index in [1.807, 2.05) is 6.20 Å². The largest absolute Gasteiger partial charge is 0.308 e. The van der Waals surface area contributed by atoms with Gasteiger partial charge in [-0.25, -0.2) is 0 Å². The topological polar surface area (TPSA) is 29.9 Å². The Balaban J connectivity index is 1.90. The van der Waals surface area contributed by atoms with Crippen molar-refractivity contribution in [2.24, 2.45) is 17.8 Å². The second-order valence-electron chi connectivity index (χ2n) is 7.19. The van der Waals surface area contributed by atoms with Gasteiger partial charge in [-0.1, -0.05) is 13.3 Å². The third-order valence-corrected chi connectivity index (χ3v) is 6.02. The molecule has 1 heterocycles. The summed E-state index contributed by atoms with van der Waals surface area (Å²) in [6, 6.07) is 0.871. The molecule has 2 fully saturated rings. The summed E-state index contributed by atoms with van der Waals surface area (Å²) in [5.74, 6) is 2.70. The average Bonchev–Trinajstić information content (AvgIpc) is 3.15. The monoisotopic (exact) mass is 353 g/mol. The van der Waals surface area contributed by atoms with Crippen LogP contribution in [0.4, 0.5) is 0 Å². The van der Waals surface area contributed by atoms with E-state index in [2.05, 4.69) is 51.8 Å². The Morgan fingerprint density at radius 1 is 1.38 bits per heavy atom. The van der Waals surface area contributed by atoms with Crippen LogP contribution in [0.1, 0.15) is 70.7 Å². The second kappa shape index (κ2) is 6.41. The first-order chi connectivity index (χ1) is 10.1. The molecule has 4 heteroatoms. The lowest BCUT2D eigenvalue weighted by Crippen LogP contribution is -2.34. The zero-order valence-corrected chi connectivity index (χ0v) is 15.1. The summed E-state index contributed by atoms with van der Waals surface area (Å²) in [7, 11) is 0. The minimum atomic E-state index is 0.413. The van der Waals surface area contributed by atoms with E-state index in [-0.39, 0.29) is 0 Å². The van der Waals surface area contributed by atoms with Gasteiger partial charge in [0, 0.05) is 6.04 Å². The Morgan fingerprint density at radius 2 is 2.19 bits per heavy atom. The van der Waals surface area contributed by atoms with Gasteiger partial charge in [0.1, 0.15) is 0 Å². The van der Waals surface area contributed by atoms with Gasteiger partial charge in [-0.3, -0.25) is 4.68 Å². The zero-order chi connectivity index (χ0) is 15.0. The lowest BCUT2D eigenvalue weighted by Gasteiger charge is -2.32. The van der Waals surface area contributed by atoms with Crippen molar-refractivity contribution in [3.8, 4) is 0 Å². The van der Waals surface area contributed by atoms with E-state index in [1.54, 1.807) is 0 Å². The number of nitrogens with zero attached hydrogens (tertiary/aromatic N) is 2. The van der Waals surface area contributed by atoms with Gasteiger partial charge in [-0.05, 0) is 79.8 Å². The van der Waals surface area contributed by atoms with Gasteiger partial charge in [0.2, 0.25) is 0 Å². The predicted octanol–water partition coefficient (Wildman–Crippen LogP) is 4.70. The third-order valence-electron chi connectivity index (χ3n) is 5.41. The SMILES string of the molecule is CCCNC(c1c(Br)cnn1C(C)C)C1CC2CCC1C2. The lowest BCUT2D eigenvalue weighted by atomic mass is 9.82. The van der Waals surface area contributed by atoms with Crippen LogP contribution in [0.25, 0.3) is 0 Å². The van der Waals surface area contributed by atoms with Gasteiger partial charge >= 0.3 is 0 Å². The van der Waals surface area contributed by atoms with Crippen molar-refractivity contribution in [1.82, 2.24) is 15.1 Å². The van der Waals surface area contributed by atoms with Crippen molar-refractivity contribution < 1.29 is 0 Å². The average molecular weight is 354 g/mol. The van der Waals surface area contributed by atoms with Crippen molar-refractivity contribution in [1.29, 1.82) is 0 Å². The molecule has 1 aromatic rings. The molecular formula is C17H28BrN3. The minimum absolute atomic E-state index is 0.413. The van der Waals surface area contributed by atoms with Crippen LogP contribution in [-0.4, -0.2) is 16.3 Å². The van der Waals surface area contributed by atoms with Gasteiger partial charge in [-0.15, -0.1) is 0 Å². The van der Waals surface area contributed by atoms with Crippen molar-refractivity contribution in [2.75, 3.05) is 6.54 Å².